The summed E-state index contributed by atoms with van der Waals surface area (Å²) in [5, 5.41) is 11.8. The first-order chi connectivity index (χ1) is 13.6. The summed E-state index contributed by atoms with van der Waals surface area (Å²) in [5.41, 5.74) is -2.45. The summed E-state index contributed by atoms with van der Waals surface area (Å²) in [6.45, 7) is 3.41. The second kappa shape index (κ2) is 7.44. The van der Waals surface area contributed by atoms with E-state index in [0.717, 1.165) is 0 Å². The number of hydrogen-bond donors (Lipinski definition) is 1. The van der Waals surface area contributed by atoms with Crippen LogP contribution in [0, 0.1) is 11.3 Å². The third kappa shape index (κ3) is 3.21. The largest absolute Gasteiger partial charge is 0.466 e. The number of carbonyl (C=O) groups excluding carboxylic acids is 3. The molecule has 2 bridgehead atoms. The zero-order chi connectivity index (χ0) is 21.4. The number of hydrogen-bond acceptors (Lipinski definition) is 7. The van der Waals surface area contributed by atoms with Crippen LogP contribution >= 0.6 is 0 Å². The Bertz CT molecular complexity index is 823. The molecule has 4 atom stereocenters. The number of methoxy groups -OCH3 is 2. The lowest BCUT2D eigenvalue weighted by atomic mass is 9.62. The number of esters is 3. The standard InChI is InChI=1S/C22H28O7/c1-14(17(23)27-3)6-5-10-20(2)16-9-12-21(19(25)29-20)11-7-15(18(24)28-4)8-13-22(16,21)26/h5-7,10,16,26H,8-9,11-13H2,1-4H3/b10-5+,14-6+/t16-,20+,21+,22-/m0/s1. The molecule has 0 aromatic carbocycles. The van der Waals surface area contributed by atoms with Gasteiger partial charge in [0, 0.05) is 17.1 Å². The summed E-state index contributed by atoms with van der Waals surface area (Å²) < 4.78 is 15.4. The molecule has 1 heterocycles. The summed E-state index contributed by atoms with van der Waals surface area (Å²) in [5.74, 6) is -1.64. The number of carbonyl (C=O) groups is 3. The number of allylic oxidation sites excluding steroid dienone is 3. The molecule has 1 saturated heterocycles. The maximum absolute atomic E-state index is 13.1. The first kappa shape index (κ1) is 21.3. The molecule has 0 aromatic rings. The second-order valence-electron chi connectivity index (χ2n) is 8.30. The molecule has 2 fully saturated rings. The number of ether oxygens (including phenoxy) is 3. The topological polar surface area (TPSA) is 99.1 Å². The Kier molecular flexibility index (Phi) is 5.47. The smallest absolute Gasteiger partial charge is 0.333 e. The molecule has 158 valence electrons. The van der Waals surface area contributed by atoms with Gasteiger partial charge in [0.1, 0.15) is 11.0 Å². The van der Waals surface area contributed by atoms with Gasteiger partial charge in [0.2, 0.25) is 0 Å². The quantitative estimate of drug-likeness (QED) is 0.332. The Morgan fingerprint density at radius 1 is 1.28 bits per heavy atom. The van der Waals surface area contributed by atoms with E-state index in [1.165, 1.54) is 14.2 Å². The van der Waals surface area contributed by atoms with Crippen LogP contribution < -0.4 is 0 Å². The van der Waals surface area contributed by atoms with Crippen LogP contribution in [0.3, 0.4) is 0 Å². The summed E-state index contributed by atoms with van der Waals surface area (Å²) in [7, 11) is 2.63. The van der Waals surface area contributed by atoms with Crippen LogP contribution in [-0.4, -0.2) is 48.4 Å². The monoisotopic (exact) mass is 404 g/mol. The van der Waals surface area contributed by atoms with Gasteiger partial charge < -0.3 is 19.3 Å². The predicted octanol–water partition coefficient (Wildman–Crippen LogP) is 2.39. The van der Waals surface area contributed by atoms with E-state index in [1.54, 1.807) is 38.2 Å². The van der Waals surface area contributed by atoms with Gasteiger partial charge >= 0.3 is 17.9 Å². The fourth-order valence-corrected chi connectivity index (χ4v) is 5.17. The molecule has 29 heavy (non-hydrogen) atoms. The Balaban J connectivity index is 1.93. The molecule has 7 nitrogen and oxygen atoms in total. The van der Waals surface area contributed by atoms with Crippen molar-refractivity contribution in [3.63, 3.8) is 0 Å². The van der Waals surface area contributed by atoms with E-state index in [9.17, 15) is 19.5 Å². The van der Waals surface area contributed by atoms with Crippen molar-refractivity contribution in [3.8, 4) is 0 Å². The average Bonchev–Trinajstić information content (AvgIpc) is 2.82. The van der Waals surface area contributed by atoms with Crippen LogP contribution in [0.4, 0.5) is 0 Å². The molecule has 0 unspecified atom stereocenters. The Morgan fingerprint density at radius 2 is 2.00 bits per heavy atom. The summed E-state index contributed by atoms with van der Waals surface area (Å²) in [6, 6.07) is 0. The maximum Gasteiger partial charge on any atom is 0.333 e. The van der Waals surface area contributed by atoms with Gasteiger partial charge in [-0.2, -0.15) is 0 Å². The first-order valence-electron chi connectivity index (χ1n) is 9.81. The number of rotatable bonds is 4. The van der Waals surface area contributed by atoms with Crippen molar-refractivity contribution in [2.75, 3.05) is 14.2 Å². The minimum atomic E-state index is -1.28. The third-order valence-electron chi connectivity index (χ3n) is 6.86. The van der Waals surface area contributed by atoms with E-state index < -0.39 is 34.5 Å². The van der Waals surface area contributed by atoms with Gasteiger partial charge in [-0.3, -0.25) is 4.79 Å². The van der Waals surface area contributed by atoms with Gasteiger partial charge in [-0.1, -0.05) is 18.2 Å². The van der Waals surface area contributed by atoms with E-state index in [1.807, 2.05) is 0 Å². The fraction of sp³-hybridized carbons (Fsp3) is 0.591. The van der Waals surface area contributed by atoms with Gasteiger partial charge in [-0.25, -0.2) is 9.59 Å². The summed E-state index contributed by atoms with van der Waals surface area (Å²) >= 11 is 0. The molecule has 0 amide bonds. The molecular weight excluding hydrogens is 376 g/mol. The highest BCUT2D eigenvalue weighted by atomic mass is 16.6. The molecule has 0 radical (unpaired) electrons. The lowest BCUT2D eigenvalue weighted by Gasteiger charge is -2.52. The minimum absolute atomic E-state index is 0.254. The molecule has 1 N–H and O–H groups in total. The van der Waals surface area contributed by atoms with Crippen LogP contribution in [0.2, 0.25) is 0 Å². The van der Waals surface area contributed by atoms with Crippen LogP contribution in [0.15, 0.2) is 35.5 Å². The number of aliphatic hydroxyl groups is 1. The molecule has 2 aliphatic carbocycles. The SMILES string of the molecule is COC(=O)C1=CC[C@@]23CC[C@@H]([C@@](C)(/C=C/C=C(\C)C(=O)OC)OC2=O)[C@@]3(O)CC1. The molecule has 1 saturated carbocycles. The van der Waals surface area contributed by atoms with E-state index in [4.69, 9.17) is 9.47 Å². The summed E-state index contributed by atoms with van der Waals surface area (Å²) in [6.07, 6.45) is 8.69. The van der Waals surface area contributed by atoms with Crippen LogP contribution in [0.1, 0.15) is 46.0 Å². The van der Waals surface area contributed by atoms with E-state index in [2.05, 4.69) is 4.74 Å². The average molecular weight is 404 g/mol. The van der Waals surface area contributed by atoms with Gasteiger partial charge in [0.25, 0.3) is 0 Å². The highest BCUT2D eigenvalue weighted by Crippen LogP contribution is 2.63. The zero-order valence-corrected chi connectivity index (χ0v) is 17.3. The minimum Gasteiger partial charge on any atom is -0.466 e. The lowest BCUT2D eigenvalue weighted by Crippen LogP contribution is -2.63. The molecule has 3 aliphatic rings. The van der Waals surface area contributed by atoms with Crippen molar-refractivity contribution >= 4 is 17.9 Å². The predicted molar refractivity (Wildman–Crippen MR) is 103 cm³/mol. The van der Waals surface area contributed by atoms with E-state index in [-0.39, 0.29) is 18.8 Å². The normalized spacial score (nSPS) is 36.7. The third-order valence-corrected chi connectivity index (χ3v) is 6.86. The van der Waals surface area contributed by atoms with Crippen LogP contribution in [-0.2, 0) is 28.6 Å². The van der Waals surface area contributed by atoms with Crippen LogP contribution in [0.25, 0.3) is 0 Å². The van der Waals surface area contributed by atoms with E-state index in [0.29, 0.717) is 30.4 Å². The van der Waals surface area contributed by atoms with Crippen molar-refractivity contribution in [2.24, 2.45) is 11.3 Å². The molecule has 0 spiro atoms. The fourth-order valence-electron chi connectivity index (χ4n) is 5.17. The zero-order valence-electron chi connectivity index (χ0n) is 17.3. The van der Waals surface area contributed by atoms with Crippen molar-refractivity contribution < 1.29 is 33.7 Å². The summed E-state index contributed by atoms with van der Waals surface area (Å²) in [4.78, 5) is 36.7. The Hall–Kier alpha value is -2.41. The maximum atomic E-state index is 13.1. The van der Waals surface area contributed by atoms with Gasteiger partial charge in [-0.15, -0.1) is 0 Å². The molecule has 1 aliphatic heterocycles. The molecule has 7 heteroatoms. The first-order valence-corrected chi connectivity index (χ1v) is 9.81. The lowest BCUT2D eigenvalue weighted by molar-refractivity contribution is -0.224. The highest BCUT2D eigenvalue weighted by Gasteiger charge is 2.71. The molecular formula is C22H28O7. The Labute approximate surface area is 170 Å². The molecule has 0 aromatic heterocycles. The van der Waals surface area contributed by atoms with Crippen molar-refractivity contribution in [2.45, 2.75) is 57.2 Å². The van der Waals surface area contributed by atoms with Crippen molar-refractivity contribution in [1.82, 2.24) is 0 Å². The van der Waals surface area contributed by atoms with Crippen molar-refractivity contribution in [3.05, 3.63) is 35.5 Å². The Morgan fingerprint density at radius 3 is 2.66 bits per heavy atom. The van der Waals surface area contributed by atoms with E-state index >= 15 is 0 Å². The van der Waals surface area contributed by atoms with Gasteiger partial charge in [0.05, 0.1) is 19.8 Å². The highest BCUT2D eigenvalue weighted by molar-refractivity contribution is 5.89. The molecule has 3 rings (SSSR count). The van der Waals surface area contributed by atoms with Crippen LogP contribution in [0.5, 0.6) is 0 Å². The second-order valence-corrected chi connectivity index (χ2v) is 8.30. The van der Waals surface area contributed by atoms with Gasteiger partial charge in [-0.05, 0) is 52.0 Å². The van der Waals surface area contributed by atoms with Gasteiger partial charge in [0.15, 0.2) is 0 Å². The number of cyclic esters (lactones) is 1. The van der Waals surface area contributed by atoms with Crippen molar-refractivity contribution in [1.29, 1.82) is 0 Å².